The third kappa shape index (κ3) is 3.56. The number of halogens is 1. The van der Waals surface area contributed by atoms with Crippen molar-refractivity contribution in [2.24, 2.45) is 0 Å². The molecule has 0 bridgehead atoms. The Labute approximate surface area is 214 Å². The highest BCUT2D eigenvalue weighted by Crippen LogP contribution is 2.57. The molecular weight excluding hydrogens is 495 g/mol. The quantitative estimate of drug-likeness (QED) is 0.467. The topological polar surface area (TPSA) is 84.0 Å². The van der Waals surface area contributed by atoms with Crippen LogP contribution in [0.1, 0.15) is 30.0 Å². The Morgan fingerprint density at radius 2 is 1.70 bits per heavy atom. The first-order chi connectivity index (χ1) is 17.6. The molecule has 1 amide bonds. The van der Waals surface area contributed by atoms with E-state index in [9.17, 15) is 18.0 Å². The molecule has 37 heavy (non-hydrogen) atoms. The van der Waals surface area contributed by atoms with E-state index in [0.717, 1.165) is 14.8 Å². The number of amides is 1. The monoisotopic (exact) mass is 520 g/mol. The number of carbonyl (C=O) groups is 2. The molecule has 7 nitrogen and oxygen atoms in total. The van der Waals surface area contributed by atoms with Gasteiger partial charge < -0.3 is 9.64 Å². The molecule has 0 saturated carbocycles. The Balaban J connectivity index is 1.88. The molecule has 0 saturated heterocycles. The number of fused-ring (bicyclic) bond motifs is 2. The van der Waals surface area contributed by atoms with Gasteiger partial charge in [-0.05, 0) is 37.6 Å². The molecule has 1 unspecified atom stereocenters. The van der Waals surface area contributed by atoms with E-state index < -0.39 is 33.3 Å². The van der Waals surface area contributed by atoms with Gasteiger partial charge in [0.15, 0.2) is 5.54 Å². The lowest BCUT2D eigenvalue weighted by Gasteiger charge is -2.36. The van der Waals surface area contributed by atoms with Crippen molar-refractivity contribution in [3.63, 3.8) is 0 Å². The number of ether oxygens (including phenoxy) is 1. The van der Waals surface area contributed by atoms with Crippen molar-refractivity contribution in [2.75, 3.05) is 18.6 Å². The molecule has 5 rings (SSSR count). The first-order valence-electron chi connectivity index (χ1n) is 11.8. The van der Waals surface area contributed by atoms with Crippen molar-refractivity contribution in [1.82, 2.24) is 4.31 Å². The van der Waals surface area contributed by atoms with Gasteiger partial charge in [0.25, 0.3) is 15.9 Å². The van der Waals surface area contributed by atoms with Crippen LogP contribution in [-0.4, -0.2) is 38.3 Å². The van der Waals surface area contributed by atoms with E-state index in [2.05, 4.69) is 0 Å². The summed E-state index contributed by atoms with van der Waals surface area (Å²) in [5, 5.41) is 0. The fourth-order valence-corrected chi connectivity index (χ4v) is 6.99. The predicted molar refractivity (Wildman–Crippen MR) is 136 cm³/mol. The fourth-order valence-electron chi connectivity index (χ4n) is 5.19. The molecular formula is C28H25FN2O5S. The van der Waals surface area contributed by atoms with Gasteiger partial charge in [0.1, 0.15) is 5.82 Å². The van der Waals surface area contributed by atoms with Gasteiger partial charge in [-0.1, -0.05) is 60.2 Å². The number of anilines is 1. The van der Waals surface area contributed by atoms with Crippen LogP contribution in [0.5, 0.6) is 0 Å². The minimum absolute atomic E-state index is 0.0193. The number of carbonyl (C=O) groups excluding carboxylic acids is 2. The predicted octanol–water partition coefficient (Wildman–Crippen LogP) is 4.37. The number of hydrogen-bond acceptors (Lipinski definition) is 5. The molecule has 3 aromatic rings. The second-order valence-electron chi connectivity index (χ2n) is 9.03. The molecule has 2 aliphatic rings. The molecule has 0 radical (unpaired) electrons. The summed E-state index contributed by atoms with van der Waals surface area (Å²) in [6.45, 7) is 3.53. The molecule has 3 aromatic carbocycles. The van der Waals surface area contributed by atoms with E-state index in [1.807, 2.05) is 6.92 Å². The smallest absolute Gasteiger partial charge is 0.336 e. The van der Waals surface area contributed by atoms with Crippen LogP contribution in [0.2, 0.25) is 0 Å². The number of likely N-dealkylation sites (N-methyl/N-ethyl adjacent to an activating group) is 1. The van der Waals surface area contributed by atoms with Crippen molar-refractivity contribution in [3.8, 4) is 0 Å². The van der Waals surface area contributed by atoms with Crippen LogP contribution >= 0.6 is 0 Å². The number of rotatable bonds is 5. The van der Waals surface area contributed by atoms with Crippen LogP contribution in [0.3, 0.4) is 0 Å². The van der Waals surface area contributed by atoms with E-state index in [1.54, 1.807) is 49.4 Å². The number of benzene rings is 3. The zero-order valence-corrected chi connectivity index (χ0v) is 21.4. The van der Waals surface area contributed by atoms with Crippen LogP contribution in [0.4, 0.5) is 10.1 Å². The lowest BCUT2D eigenvalue weighted by molar-refractivity contribution is -0.138. The lowest BCUT2D eigenvalue weighted by atomic mass is 9.87. The molecule has 0 aromatic heterocycles. The standard InChI is InChI=1S/C28H25FN2O5S/c1-4-36-26(32)21-17-28(22-11-8-12-23(29)25(22)30(3)27(28)33)31(24(21)19-9-6-5-7-10-19)37(34,35)20-15-13-18(2)14-16-20/h5-16H,4,17H2,1-3H3. The SMILES string of the molecule is CCOC(=O)C1=C(c2ccccc2)N(S(=O)(=O)c2ccc(C)cc2)C2(C1)C(=O)N(C)c1c(F)cccc12. The Bertz CT molecular complexity index is 1550. The summed E-state index contributed by atoms with van der Waals surface area (Å²) < 4.78 is 50.3. The maximum atomic E-state index is 15.1. The van der Waals surface area contributed by atoms with E-state index >= 15 is 4.39 Å². The van der Waals surface area contributed by atoms with Crippen LogP contribution in [0, 0.1) is 12.7 Å². The van der Waals surface area contributed by atoms with E-state index in [-0.39, 0.29) is 40.4 Å². The zero-order valence-electron chi connectivity index (χ0n) is 20.6. The number of sulfonamides is 1. The summed E-state index contributed by atoms with van der Waals surface area (Å²) in [6.07, 6.45) is -0.305. The molecule has 190 valence electrons. The van der Waals surface area contributed by atoms with Gasteiger partial charge >= 0.3 is 5.97 Å². The van der Waals surface area contributed by atoms with Gasteiger partial charge in [-0.3, -0.25) is 4.79 Å². The third-order valence-corrected chi connectivity index (χ3v) is 8.67. The highest BCUT2D eigenvalue weighted by molar-refractivity contribution is 7.89. The maximum Gasteiger partial charge on any atom is 0.336 e. The summed E-state index contributed by atoms with van der Waals surface area (Å²) in [5.41, 5.74) is -0.425. The van der Waals surface area contributed by atoms with E-state index in [4.69, 9.17) is 4.74 Å². The second kappa shape index (κ2) is 8.85. The van der Waals surface area contributed by atoms with Crippen LogP contribution in [-0.2, 0) is 29.9 Å². The van der Waals surface area contributed by atoms with Gasteiger partial charge in [0, 0.05) is 19.0 Å². The molecule has 2 heterocycles. The fraction of sp³-hybridized carbons (Fsp3) is 0.214. The highest BCUT2D eigenvalue weighted by Gasteiger charge is 2.64. The van der Waals surface area contributed by atoms with Gasteiger partial charge in [0.05, 0.1) is 28.5 Å². The average molecular weight is 521 g/mol. The molecule has 0 fully saturated rings. The molecule has 0 aliphatic carbocycles. The summed E-state index contributed by atoms with van der Waals surface area (Å²) in [4.78, 5) is 28.4. The van der Waals surface area contributed by atoms with Gasteiger partial charge in [-0.2, -0.15) is 0 Å². The average Bonchev–Trinajstić information content (AvgIpc) is 3.36. The van der Waals surface area contributed by atoms with Gasteiger partial charge in [-0.15, -0.1) is 0 Å². The number of hydrogen-bond donors (Lipinski definition) is 0. The normalized spacial score (nSPS) is 19.1. The molecule has 1 atom stereocenters. The van der Waals surface area contributed by atoms with Crippen molar-refractivity contribution >= 4 is 33.3 Å². The van der Waals surface area contributed by atoms with Crippen molar-refractivity contribution < 1.29 is 27.1 Å². The van der Waals surface area contributed by atoms with Crippen LogP contribution in [0.15, 0.2) is 83.3 Å². The molecule has 0 N–H and O–H groups in total. The number of aryl methyl sites for hydroxylation is 1. The van der Waals surface area contributed by atoms with Crippen LogP contribution in [0.25, 0.3) is 5.70 Å². The zero-order chi connectivity index (χ0) is 26.5. The van der Waals surface area contributed by atoms with E-state index in [0.29, 0.717) is 5.56 Å². The lowest BCUT2D eigenvalue weighted by Crippen LogP contribution is -2.51. The Morgan fingerprint density at radius 3 is 2.35 bits per heavy atom. The Kier molecular flexibility index (Phi) is 5.91. The maximum absolute atomic E-state index is 15.1. The molecule has 1 spiro atoms. The van der Waals surface area contributed by atoms with Crippen molar-refractivity contribution in [2.45, 2.75) is 30.7 Å². The summed E-state index contributed by atoms with van der Waals surface area (Å²) in [6, 6.07) is 18.9. The van der Waals surface area contributed by atoms with Crippen molar-refractivity contribution in [3.05, 3.63) is 101 Å². The third-order valence-electron chi connectivity index (χ3n) is 6.82. The molecule has 2 aliphatic heterocycles. The summed E-state index contributed by atoms with van der Waals surface area (Å²) >= 11 is 0. The number of nitrogens with zero attached hydrogens (tertiary/aromatic N) is 2. The minimum Gasteiger partial charge on any atom is -0.463 e. The largest absolute Gasteiger partial charge is 0.463 e. The van der Waals surface area contributed by atoms with Gasteiger partial charge in [-0.25, -0.2) is 21.9 Å². The number of para-hydroxylation sites is 1. The minimum atomic E-state index is -4.44. The molecule has 9 heteroatoms. The highest BCUT2D eigenvalue weighted by atomic mass is 32.2. The second-order valence-corrected chi connectivity index (χ2v) is 10.8. The van der Waals surface area contributed by atoms with E-state index in [1.165, 1.54) is 37.4 Å². The first-order valence-corrected chi connectivity index (χ1v) is 13.2. The summed E-state index contributed by atoms with van der Waals surface area (Å²) in [5.74, 6) is -2.05. The Hall–Kier alpha value is -3.98. The van der Waals surface area contributed by atoms with Gasteiger partial charge in [0.2, 0.25) is 0 Å². The number of esters is 1. The van der Waals surface area contributed by atoms with Crippen LogP contribution < -0.4 is 4.90 Å². The summed E-state index contributed by atoms with van der Waals surface area (Å²) in [7, 11) is -3.04. The first kappa shape index (κ1) is 24.7. The van der Waals surface area contributed by atoms with Crippen molar-refractivity contribution in [1.29, 1.82) is 0 Å². The Morgan fingerprint density at radius 1 is 1.03 bits per heavy atom.